The van der Waals surface area contributed by atoms with Crippen LogP contribution in [0.2, 0.25) is 0 Å². The summed E-state index contributed by atoms with van der Waals surface area (Å²) in [5, 5.41) is 9.73. The second-order valence-corrected chi connectivity index (χ2v) is 6.78. The molecule has 0 saturated heterocycles. The van der Waals surface area contributed by atoms with E-state index in [1.54, 1.807) is 31.1 Å². The van der Waals surface area contributed by atoms with Gasteiger partial charge >= 0.3 is 0 Å². The molecule has 0 aliphatic carbocycles. The Hall–Kier alpha value is -4.26. The Morgan fingerprint density at radius 3 is 2.55 bits per heavy atom. The van der Waals surface area contributed by atoms with Crippen molar-refractivity contribution >= 4 is 21.8 Å². The summed E-state index contributed by atoms with van der Waals surface area (Å²) in [5.74, 6) is 0. The molecule has 0 atom stereocenters. The molecule has 0 aliphatic rings. The van der Waals surface area contributed by atoms with E-state index in [2.05, 4.69) is 42.3 Å². The average molecular weight is 378 g/mol. The van der Waals surface area contributed by atoms with Gasteiger partial charge in [0.15, 0.2) is 0 Å². The van der Waals surface area contributed by atoms with E-state index in [-0.39, 0.29) is 0 Å². The number of nitrogens with zero attached hydrogens (tertiary/aromatic N) is 4. The highest BCUT2D eigenvalue weighted by molar-refractivity contribution is 6.00. The van der Waals surface area contributed by atoms with Crippen LogP contribution >= 0.6 is 0 Å². The van der Waals surface area contributed by atoms with Crippen molar-refractivity contribution in [3.05, 3.63) is 73.8 Å². The minimum absolute atomic E-state index is 0.855. The lowest BCUT2D eigenvalue weighted by molar-refractivity contribution is 0.568. The molecule has 5 aromatic heterocycles. The molecule has 0 radical (unpaired) electrons. The fourth-order valence-corrected chi connectivity index (χ4v) is 3.66. The van der Waals surface area contributed by atoms with E-state index < -0.39 is 0 Å². The van der Waals surface area contributed by atoms with Gasteiger partial charge in [-0.1, -0.05) is 6.07 Å². The predicted molar refractivity (Wildman–Crippen MR) is 110 cm³/mol. The average Bonchev–Trinajstić information content (AvgIpc) is 3.52. The minimum atomic E-state index is 0.855. The van der Waals surface area contributed by atoms with Crippen LogP contribution in [0.5, 0.6) is 0 Å². The largest absolute Gasteiger partial charge is 0.472 e. The van der Waals surface area contributed by atoms with Gasteiger partial charge in [0.1, 0.15) is 12.0 Å². The number of rotatable bonds is 3. The SMILES string of the molecule is c1ncc(-c2ccc3[nH]nc(-c4cc5c(-c6ccoc6)nccc5[nH]4)c3c2)cn1. The van der Waals surface area contributed by atoms with Crippen LogP contribution in [0.15, 0.2) is 78.3 Å². The second-order valence-electron chi connectivity index (χ2n) is 6.78. The van der Waals surface area contributed by atoms with Crippen LogP contribution < -0.4 is 0 Å². The Bertz CT molecular complexity index is 1450. The molecule has 29 heavy (non-hydrogen) atoms. The first-order valence-electron chi connectivity index (χ1n) is 9.11. The summed E-state index contributed by atoms with van der Waals surface area (Å²) in [6.07, 6.45) is 10.3. The van der Waals surface area contributed by atoms with Crippen LogP contribution in [-0.2, 0) is 0 Å². The Morgan fingerprint density at radius 1 is 0.793 bits per heavy atom. The lowest BCUT2D eigenvalue weighted by Gasteiger charge is -2.01. The van der Waals surface area contributed by atoms with Crippen LogP contribution in [-0.4, -0.2) is 30.1 Å². The molecule has 7 nitrogen and oxygen atoms in total. The molecule has 0 saturated carbocycles. The molecule has 6 rings (SSSR count). The summed E-state index contributed by atoms with van der Waals surface area (Å²) < 4.78 is 5.23. The van der Waals surface area contributed by atoms with Gasteiger partial charge in [-0.15, -0.1) is 0 Å². The van der Waals surface area contributed by atoms with Crippen molar-refractivity contribution in [2.75, 3.05) is 0 Å². The van der Waals surface area contributed by atoms with Crippen molar-refractivity contribution < 1.29 is 4.42 Å². The fraction of sp³-hybridized carbons (Fsp3) is 0. The van der Waals surface area contributed by atoms with E-state index in [1.165, 1.54) is 6.33 Å². The second kappa shape index (κ2) is 6.13. The Morgan fingerprint density at radius 2 is 1.69 bits per heavy atom. The Balaban J connectivity index is 1.53. The van der Waals surface area contributed by atoms with Gasteiger partial charge in [0.25, 0.3) is 0 Å². The summed E-state index contributed by atoms with van der Waals surface area (Å²) in [7, 11) is 0. The number of H-pyrrole nitrogens is 2. The maximum absolute atomic E-state index is 5.23. The standard InChI is InChI=1S/C22H14N6O/c1-2-19-16(7-13(1)15-9-23-12-24-10-15)22(28-27-19)20-8-17-18(26-20)3-5-25-21(17)14-4-6-29-11-14/h1-12,26H,(H,27,28). The molecule has 0 spiro atoms. The summed E-state index contributed by atoms with van der Waals surface area (Å²) in [6.45, 7) is 0. The van der Waals surface area contributed by atoms with Crippen molar-refractivity contribution in [3.8, 4) is 33.8 Å². The fourth-order valence-electron chi connectivity index (χ4n) is 3.66. The third-order valence-corrected chi connectivity index (χ3v) is 5.05. The number of hydrogen-bond acceptors (Lipinski definition) is 5. The first kappa shape index (κ1) is 15.8. The van der Waals surface area contributed by atoms with Crippen LogP contribution in [0.4, 0.5) is 0 Å². The maximum Gasteiger partial charge on any atom is 0.116 e. The van der Waals surface area contributed by atoms with E-state index in [4.69, 9.17) is 4.42 Å². The van der Waals surface area contributed by atoms with Crippen LogP contribution in [0.3, 0.4) is 0 Å². The van der Waals surface area contributed by atoms with Crippen molar-refractivity contribution in [1.82, 2.24) is 30.1 Å². The molecule has 7 heteroatoms. The van der Waals surface area contributed by atoms with E-state index in [0.717, 1.165) is 55.6 Å². The third kappa shape index (κ3) is 2.52. The van der Waals surface area contributed by atoms with Gasteiger partial charge in [0.2, 0.25) is 0 Å². The summed E-state index contributed by atoms with van der Waals surface area (Å²) in [6, 6.07) is 12.1. The number of nitrogens with one attached hydrogen (secondary N) is 2. The van der Waals surface area contributed by atoms with Gasteiger partial charge in [-0.2, -0.15) is 5.10 Å². The normalized spacial score (nSPS) is 11.4. The smallest absolute Gasteiger partial charge is 0.116 e. The lowest BCUT2D eigenvalue weighted by atomic mass is 10.0. The van der Waals surface area contributed by atoms with E-state index in [0.29, 0.717) is 0 Å². The van der Waals surface area contributed by atoms with E-state index >= 15 is 0 Å². The van der Waals surface area contributed by atoms with Gasteiger partial charge in [0, 0.05) is 46.0 Å². The number of aromatic amines is 2. The number of fused-ring (bicyclic) bond motifs is 2. The number of furan rings is 1. The topological polar surface area (TPSA) is 96.3 Å². The maximum atomic E-state index is 5.23. The number of hydrogen-bond donors (Lipinski definition) is 2. The summed E-state index contributed by atoms with van der Waals surface area (Å²) >= 11 is 0. The highest BCUT2D eigenvalue weighted by Gasteiger charge is 2.15. The predicted octanol–water partition coefficient (Wildman–Crippen LogP) is 4.82. The number of aromatic nitrogens is 6. The number of benzene rings is 1. The molecule has 0 aliphatic heterocycles. The third-order valence-electron chi connectivity index (χ3n) is 5.05. The van der Waals surface area contributed by atoms with Gasteiger partial charge in [-0.05, 0) is 35.9 Å². The van der Waals surface area contributed by atoms with Gasteiger partial charge in [-0.3, -0.25) is 10.1 Å². The quantitative estimate of drug-likeness (QED) is 0.460. The lowest BCUT2D eigenvalue weighted by Crippen LogP contribution is -1.83. The molecule has 2 N–H and O–H groups in total. The van der Waals surface area contributed by atoms with Crippen LogP contribution in [0.25, 0.3) is 55.6 Å². The molecule has 0 amide bonds. The molecule has 0 fully saturated rings. The van der Waals surface area contributed by atoms with E-state index in [9.17, 15) is 0 Å². The van der Waals surface area contributed by atoms with Gasteiger partial charge in [0.05, 0.1) is 29.4 Å². The summed E-state index contributed by atoms with van der Waals surface area (Å²) in [4.78, 5) is 16.2. The molecular weight excluding hydrogens is 364 g/mol. The molecule has 6 aromatic rings. The number of pyridine rings is 1. The molecule has 5 heterocycles. The Kier molecular flexibility index (Phi) is 3.33. The van der Waals surface area contributed by atoms with Crippen molar-refractivity contribution in [1.29, 1.82) is 0 Å². The minimum Gasteiger partial charge on any atom is -0.472 e. The zero-order valence-corrected chi connectivity index (χ0v) is 15.1. The first-order chi connectivity index (χ1) is 14.4. The molecule has 0 unspecified atom stereocenters. The van der Waals surface area contributed by atoms with Crippen LogP contribution in [0, 0.1) is 0 Å². The first-order valence-corrected chi connectivity index (χ1v) is 9.11. The summed E-state index contributed by atoms with van der Waals surface area (Å²) in [5.41, 5.74) is 7.56. The van der Waals surface area contributed by atoms with Gasteiger partial charge < -0.3 is 9.40 Å². The van der Waals surface area contributed by atoms with Crippen molar-refractivity contribution in [2.45, 2.75) is 0 Å². The highest BCUT2D eigenvalue weighted by atomic mass is 16.3. The molecule has 0 bridgehead atoms. The highest BCUT2D eigenvalue weighted by Crippen LogP contribution is 2.34. The zero-order chi connectivity index (χ0) is 19.2. The molecule has 138 valence electrons. The monoisotopic (exact) mass is 378 g/mol. The Labute approximate surface area is 164 Å². The van der Waals surface area contributed by atoms with Crippen molar-refractivity contribution in [2.24, 2.45) is 0 Å². The van der Waals surface area contributed by atoms with Crippen molar-refractivity contribution in [3.63, 3.8) is 0 Å². The van der Waals surface area contributed by atoms with Gasteiger partial charge in [-0.25, -0.2) is 9.97 Å². The zero-order valence-electron chi connectivity index (χ0n) is 15.1. The molecular formula is C22H14N6O. The van der Waals surface area contributed by atoms with Crippen LogP contribution in [0.1, 0.15) is 0 Å². The van der Waals surface area contributed by atoms with E-state index in [1.807, 2.05) is 24.3 Å². The molecule has 1 aromatic carbocycles.